The van der Waals surface area contributed by atoms with Crippen molar-refractivity contribution in [2.75, 3.05) is 13.1 Å². The molecule has 0 unspecified atom stereocenters. The molecule has 2 aromatic carbocycles. The maximum absolute atomic E-state index is 13.2. The van der Waals surface area contributed by atoms with Gasteiger partial charge in [0.05, 0.1) is 11.3 Å². The molecule has 2 heterocycles. The predicted molar refractivity (Wildman–Crippen MR) is 116 cm³/mol. The number of aromatic nitrogens is 1. The Kier molecular flexibility index (Phi) is 5.88. The standard InChI is InChI=1S/C24H23F3N2OS/c1-15-5-7-17(8-6-15)19-4-3-13-29(14-19)23(30)21-16(2)28-22(31-21)18-9-11-20(12-10-18)24(25,26)27/h5-12,19H,3-4,13-14H2,1-2H3/t19-/m1/s1. The number of aryl methyl sites for hydroxylation is 2. The molecule has 7 heteroatoms. The number of benzene rings is 2. The highest BCUT2D eigenvalue weighted by molar-refractivity contribution is 7.17. The van der Waals surface area contributed by atoms with Crippen LogP contribution in [0.5, 0.6) is 0 Å². The van der Waals surface area contributed by atoms with Gasteiger partial charge in [0, 0.05) is 24.6 Å². The number of carbonyl (C=O) groups excluding carboxylic acids is 1. The molecular formula is C24H23F3N2OS. The van der Waals surface area contributed by atoms with E-state index in [4.69, 9.17) is 0 Å². The number of hydrogen-bond donors (Lipinski definition) is 0. The van der Waals surface area contributed by atoms with Crippen LogP contribution in [0.1, 0.15) is 50.8 Å². The second-order valence-electron chi connectivity index (χ2n) is 8.01. The van der Waals surface area contributed by atoms with Crippen LogP contribution in [-0.4, -0.2) is 28.9 Å². The molecule has 0 radical (unpaired) electrons. The minimum atomic E-state index is -4.37. The molecule has 3 nitrogen and oxygen atoms in total. The Morgan fingerprint density at radius 2 is 1.74 bits per heavy atom. The van der Waals surface area contributed by atoms with Gasteiger partial charge in [0.15, 0.2) is 0 Å². The number of piperidine rings is 1. The van der Waals surface area contributed by atoms with Gasteiger partial charge in [0.25, 0.3) is 5.91 Å². The Hall–Kier alpha value is -2.67. The second-order valence-corrected chi connectivity index (χ2v) is 9.01. The lowest BCUT2D eigenvalue weighted by molar-refractivity contribution is -0.137. The van der Waals surface area contributed by atoms with Crippen LogP contribution in [0.2, 0.25) is 0 Å². The SMILES string of the molecule is Cc1ccc([C@@H]2CCCN(C(=O)c3sc(-c4ccc(C(F)(F)F)cc4)nc3C)C2)cc1. The zero-order valence-corrected chi connectivity index (χ0v) is 18.2. The molecule has 1 aliphatic heterocycles. The number of likely N-dealkylation sites (tertiary alicyclic amines) is 1. The first-order valence-electron chi connectivity index (χ1n) is 10.2. The summed E-state index contributed by atoms with van der Waals surface area (Å²) in [5.41, 5.74) is 2.95. The summed E-state index contributed by atoms with van der Waals surface area (Å²) < 4.78 is 38.4. The molecule has 162 valence electrons. The van der Waals surface area contributed by atoms with E-state index in [1.807, 2.05) is 4.90 Å². The van der Waals surface area contributed by atoms with Gasteiger partial charge in [-0.2, -0.15) is 13.2 Å². The van der Waals surface area contributed by atoms with E-state index in [-0.39, 0.29) is 5.91 Å². The highest BCUT2D eigenvalue weighted by Gasteiger charge is 2.31. The lowest BCUT2D eigenvalue weighted by atomic mass is 9.90. The first kappa shape index (κ1) is 21.6. The van der Waals surface area contributed by atoms with Crippen molar-refractivity contribution in [3.8, 4) is 10.6 Å². The summed E-state index contributed by atoms with van der Waals surface area (Å²) in [6.45, 7) is 5.20. The highest BCUT2D eigenvalue weighted by atomic mass is 32.1. The van der Waals surface area contributed by atoms with E-state index in [1.54, 1.807) is 6.92 Å². The molecule has 1 fully saturated rings. The summed E-state index contributed by atoms with van der Waals surface area (Å²) in [5, 5.41) is 0.557. The first-order valence-corrected chi connectivity index (χ1v) is 11.0. The van der Waals surface area contributed by atoms with E-state index in [0.29, 0.717) is 40.1 Å². The third kappa shape index (κ3) is 4.66. The number of halogens is 3. The van der Waals surface area contributed by atoms with Crippen molar-refractivity contribution in [2.24, 2.45) is 0 Å². The lowest BCUT2D eigenvalue weighted by Gasteiger charge is -2.33. The van der Waals surface area contributed by atoms with Crippen LogP contribution in [0.15, 0.2) is 48.5 Å². The monoisotopic (exact) mass is 444 g/mol. The Morgan fingerprint density at radius 1 is 1.06 bits per heavy atom. The largest absolute Gasteiger partial charge is 0.416 e. The molecule has 0 N–H and O–H groups in total. The normalized spacial score (nSPS) is 17.1. The van der Waals surface area contributed by atoms with Gasteiger partial charge < -0.3 is 4.90 Å². The molecule has 31 heavy (non-hydrogen) atoms. The fourth-order valence-corrected chi connectivity index (χ4v) is 4.98. The van der Waals surface area contributed by atoms with Crippen molar-refractivity contribution in [1.29, 1.82) is 0 Å². The van der Waals surface area contributed by atoms with E-state index in [9.17, 15) is 18.0 Å². The second kappa shape index (κ2) is 8.46. The van der Waals surface area contributed by atoms with Crippen LogP contribution >= 0.6 is 11.3 Å². The molecule has 3 aromatic rings. The van der Waals surface area contributed by atoms with E-state index in [1.165, 1.54) is 34.6 Å². The van der Waals surface area contributed by atoms with Crippen molar-refractivity contribution < 1.29 is 18.0 Å². The molecule has 0 spiro atoms. The number of thiazole rings is 1. The van der Waals surface area contributed by atoms with Crippen LogP contribution in [0.4, 0.5) is 13.2 Å². The Labute approximate surface area is 183 Å². The van der Waals surface area contributed by atoms with Crippen LogP contribution in [0.3, 0.4) is 0 Å². The number of alkyl halides is 3. The topological polar surface area (TPSA) is 33.2 Å². The van der Waals surface area contributed by atoms with Crippen LogP contribution in [0.25, 0.3) is 10.6 Å². The van der Waals surface area contributed by atoms with Gasteiger partial charge in [-0.3, -0.25) is 4.79 Å². The average Bonchev–Trinajstić information content (AvgIpc) is 3.15. The molecule has 0 saturated carbocycles. The van der Waals surface area contributed by atoms with E-state index >= 15 is 0 Å². The van der Waals surface area contributed by atoms with Crippen LogP contribution in [-0.2, 0) is 6.18 Å². The third-order valence-corrected chi connectivity index (χ3v) is 6.90. The number of rotatable bonds is 3. The number of carbonyl (C=O) groups is 1. The maximum Gasteiger partial charge on any atom is 0.416 e. The summed E-state index contributed by atoms with van der Waals surface area (Å²) in [7, 11) is 0. The molecule has 1 aliphatic rings. The van der Waals surface area contributed by atoms with Crippen LogP contribution in [0, 0.1) is 13.8 Å². The molecule has 1 amide bonds. The summed E-state index contributed by atoms with van der Waals surface area (Å²) in [5.74, 6) is 0.255. The van der Waals surface area contributed by atoms with Crippen molar-refractivity contribution in [3.63, 3.8) is 0 Å². The van der Waals surface area contributed by atoms with E-state index in [0.717, 1.165) is 25.0 Å². The number of nitrogens with zero attached hydrogens (tertiary/aromatic N) is 2. The molecule has 0 bridgehead atoms. The highest BCUT2D eigenvalue weighted by Crippen LogP contribution is 2.34. The van der Waals surface area contributed by atoms with Gasteiger partial charge in [0.2, 0.25) is 0 Å². The molecule has 0 aliphatic carbocycles. The molecule has 4 rings (SSSR count). The summed E-state index contributed by atoms with van der Waals surface area (Å²) >= 11 is 1.24. The Morgan fingerprint density at radius 3 is 2.39 bits per heavy atom. The van der Waals surface area contributed by atoms with Gasteiger partial charge in [-0.1, -0.05) is 42.0 Å². The molecule has 1 saturated heterocycles. The third-order valence-electron chi connectivity index (χ3n) is 5.71. The predicted octanol–water partition coefficient (Wildman–Crippen LogP) is 6.47. The fourth-order valence-electron chi connectivity index (χ4n) is 3.94. The number of hydrogen-bond acceptors (Lipinski definition) is 3. The smallest absolute Gasteiger partial charge is 0.337 e. The van der Waals surface area contributed by atoms with Crippen molar-refractivity contribution in [3.05, 3.63) is 75.8 Å². The lowest BCUT2D eigenvalue weighted by Crippen LogP contribution is -2.39. The van der Waals surface area contributed by atoms with Crippen molar-refractivity contribution >= 4 is 17.2 Å². The van der Waals surface area contributed by atoms with Gasteiger partial charge in [0.1, 0.15) is 9.88 Å². The maximum atomic E-state index is 13.2. The average molecular weight is 445 g/mol. The van der Waals surface area contributed by atoms with Crippen molar-refractivity contribution in [1.82, 2.24) is 9.88 Å². The van der Waals surface area contributed by atoms with Gasteiger partial charge >= 0.3 is 6.18 Å². The zero-order valence-electron chi connectivity index (χ0n) is 17.4. The van der Waals surface area contributed by atoms with Crippen molar-refractivity contribution in [2.45, 2.75) is 38.8 Å². The summed E-state index contributed by atoms with van der Waals surface area (Å²) in [6.07, 6.45) is -2.39. The first-order chi connectivity index (χ1) is 14.7. The van der Waals surface area contributed by atoms with E-state index in [2.05, 4.69) is 36.2 Å². The fraction of sp³-hybridized carbons (Fsp3) is 0.333. The zero-order chi connectivity index (χ0) is 22.2. The van der Waals surface area contributed by atoms with Gasteiger partial charge in [-0.25, -0.2) is 4.98 Å². The summed E-state index contributed by atoms with van der Waals surface area (Å²) in [4.78, 5) is 20.1. The molecule has 1 atom stereocenters. The van der Waals surface area contributed by atoms with E-state index < -0.39 is 11.7 Å². The minimum absolute atomic E-state index is 0.0510. The Bertz CT molecular complexity index is 1070. The minimum Gasteiger partial charge on any atom is -0.337 e. The number of amides is 1. The van der Waals surface area contributed by atoms with Crippen LogP contribution < -0.4 is 0 Å². The molecule has 1 aromatic heterocycles. The summed E-state index contributed by atoms with van der Waals surface area (Å²) in [6, 6.07) is 13.4. The van der Waals surface area contributed by atoms with Gasteiger partial charge in [-0.05, 0) is 44.4 Å². The quantitative estimate of drug-likeness (QED) is 0.464. The Balaban J connectivity index is 1.52. The van der Waals surface area contributed by atoms with Gasteiger partial charge in [-0.15, -0.1) is 11.3 Å². The molecular weight excluding hydrogens is 421 g/mol.